The molecule has 0 unspecified atom stereocenters. The third kappa shape index (κ3) is 15.8. The normalized spacial score (nSPS) is 17.2. The van der Waals surface area contributed by atoms with E-state index in [1.54, 1.807) is 0 Å². The SMILES string of the molecule is C[N+](C)(C)CCCCC(=O)CCCC/C=C/CCCCCC[C@H]1C=CCC1. The predicted molar refractivity (Wildman–Crippen MR) is 119 cm³/mol. The summed E-state index contributed by atoms with van der Waals surface area (Å²) in [7, 11) is 6.64. The van der Waals surface area contributed by atoms with Crippen LogP contribution in [0.25, 0.3) is 0 Å². The number of allylic oxidation sites excluding steroid dienone is 4. The second-order valence-electron chi connectivity index (χ2n) is 9.48. The van der Waals surface area contributed by atoms with Gasteiger partial charge in [-0.2, -0.15) is 0 Å². The second kappa shape index (κ2) is 15.1. The van der Waals surface area contributed by atoms with Gasteiger partial charge in [-0.3, -0.25) is 4.79 Å². The van der Waals surface area contributed by atoms with Crippen LogP contribution < -0.4 is 0 Å². The van der Waals surface area contributed by atoms with Crippen LogP contribution in [0.15, 0.2) is 24.3 Å². The molecule has 0 saturated carbocycles. The number of carbonyl (C=O) groups is 1. The van der Waals surface area contributed by atoms with Crippen LogP contribution in [0.2, 0.25) is 0 Å². The second-order valence-corrected chi connectivity index (χ2v) is 9.48. The molecule has 2 nitrogen and oxygen atoms in total. The van der Waals surface area contributed by atoms with Gasteiger partial charge in [0.25, 0.3) is 0 Å². The lowest BCUT2D eigenvalue weighted by Crippen LogP contribution is -2.35. The molecule has 0 amide bonds. The lowest BCUT2D eigenvalue weighted by Gasteiger charge is -2.23. The number of rotatable bonds is 17. The summed E-state index contributed by atoms with van der Waals surface area (Å²) in [4.78, 5) is 11.9. The molecule has 156 valence electrons. The fourth-order valence-corrected chi connectivity index (χ4v) is 3.81. The highest BCUT2D eigenvalue weighted by molar-refractivity contribution is 5.78. The summed E-state index contributed by atoms with van der Waals surface area (Å²) in [6.07, 6.45) is 27.5. The van der Waals surface area contributed by atoms with Gasteiger partial charge in [0.05, 0.1) is 27.7 Å². The number of unbranched alkanes of at least 4 members (excludes halogenated alkanes) is 7. The van der Waals surface area contributed by atoms with Crippen molar-refractivity contribution in [3.8, 4) is 0 Å². The molecule has 1 atom stereocenters. The molecule has 0 aromatic heterocycles. The van der Waals surface area contributed by atoms with Crippen LogP contribution in [-0.2, 0) is 4.79 Å². The number of hydrogen-bond acceptors (Lipinski definition) is 1. The van der Waals surface area contributed by atoms with Gasteiger partial charge in [0, 0.05) is 12.8 Å². The van der Waals surface area contributed by atoms with Gasteiger partial charge in [-0.25, -0.2) is 0 Å². The molecule has 0 radical (unpaired) electrons. The summed E-state index contributed by atoms with van der Waals surface area (Å²) in [5.74, 6) is 1.35. The van der Waals surface area contributed by atoms with Crippen molar-refractivity contribution < 1.29 is 9.28 Å². The van der Waals surface area contributed by atoms with Crippen LogP contribution in [-0.4, -0.2) is 38.0 Å². The van der Waals surface area contributed by atoms with Gasteiger partial charge < -0.3 is 4.48 Å². The maximum absolute atomic E-state index is 11.9. The van der Waals surface area contributed by atoms with E-state index < -0.39 is 0 Å². The minimum Gasteiger partial charge on any atom is -0.331 e. The minimum absolute atomic E-state index is 0.466. The number of Topliss-reactive ketones (excluding diaryl/α,β-unsaturated/α-hetero) is 1. The number of carbonyl (C=O) groups excluding carboxylic acids is 1. The molecule has 0 aliphatic heterocycles. The van der Waals surface area contributed by atoms with Gasteiger partial charge in [-0.1, -0.05) is 43.6 Å². The summed E-state index contributed by atoms with van der Waals surface area (Å²) in [6.45, 7) is 1.16. The van der Waals surface area contributed by atoms with Crippen LogP contribution >= 0.6 is 0 Å². The minimum atomic E-state index is 0.466. The molecular weight excluding hydrogens is 330 g/mol. The van der Waals surface area contributed by atoms with E-state index in [4.69, 9.17) is 0 Å². The maximum atomic E-state index is 11.9. The van der Waals surface area contributed by atoms with E-state index >= 15 is 0 Å². The molecular formula is C25H46NO+. The Labute approximate surface area is 169 Å². The van der Waals surface area contributed by atoms with E-state index in [0.717, 1.165) is 61.9 Å². The number of hydrogen-bond donors (Lipinski definition) is 0. The summed E-state index contributed by atoms with van der Waals surface area (Å²) < 4.78 is 0.999. The Bertz CT molecular complexity index is 430. The molecule has 0 saturated heterocycles. The summed E-state index contributed by atoms with van der Waals surface area (Å²) >= 11 is 0. The van der Waals surface area contributed by atoms with Crippen LogP contribution in [0.5, 0.6) is 0 Å². The van der Waals surface area contributed by atoms with E-state index in [9.17, 15) is 4.79 Å². The third-order valence-electron chi connectivity index (χ3n) is 5.59. The van der Waals surface area contributed by atoms with Crippen LogP contribution in [0, 0.1) is 5.92 Å². The predicted octanol–water partition coefficient (Wildman–Crippen LogP) is 6.86. The Balaban J connectivity index is 1.80. The molecule has 1 aliphatic rings. The number of nitrogens with zero attached hydrogens (tertiary/aromatic N) is 1. The highest BCUT2D eigenvalue weighted by Gasteiger charge is 2.08. The van der Waals surface area contributed by atoms with Crippen molar-refractivity contribution in [1.29, 1.82) is 0 Å². The summed E-state index contributed by atoms with van der Waals surface area (Å²) in [5.41, 5.74) is 0. The Morgan fingerprint density at radius 2 is 1.52 bits per heavy atom. The third-order valence-corrected chi connectivity index (χ3v) is 5.59. The zero-order valence-electron chi connectivity index (χ0n) is 18.6. The van der Waals surface area contributed by atoms with Gasteiger partial charge in [-0.15, -0.1) is 0 Å². The Hall–Kier alpha value is -0.890. The molecule has 2 heteroatoms. The molecule has 1 rings (SSSR count). The molecule has 0 N–H and O–H groups in total. The first-order chi connectivity index (χ1) is 13.0. The first-order valence-corrected chi connectivity index (χ1v) is 11.6. The molecule has 27 heavy (non-hydrogen) atoms. The molecule has 1 aliphatic carbocycles. The van der Waals surface area contributed by atoms with Crippen molar-refractivity contribution in [3.63, 3.8) is 0 Å². The fourth-order valence-electron chi connectivity index (χ4n) is 3.81. The van der Waals surface area contributed by atoms with Crippen molar-refractivity contribution in [2.75, 3.05) is 27.7 Å². The molecule has 0 fully saturated rings. The zero-order chi connectivity index (χ0) is 19.8. The van der Waals surface area contributed by atoms with Crippen molar-refractivity contribution in [3.05, 3.63) is 24.3 Å². The Morgan fingerprint density at radius 1 is 0.889 bits per heavy atom. The quantitative estimate of drug-likeness (QED) is 0.154. The first kappa shape index (κ1) is 24.1. The van der Waals surface area contributed by atoms with E-state index in [1.807, 2.05) is 0 Å². The lowest BCUT2D eigenvalue weighted by atomic mass is 10.00. The van der Waals surface area contributed by atoms with E-state index in [1.165, 1.54) is 51.4 Å². The summed E-state index contributed by atoms with van der Waals surface area (Å²) in [5, 5.41) is 0. The van der Waals surface area contributed by atoms with E-state index in [0.29, 0.717) is 5.78 Å². The lowest BCUT2D eigenvalue weighted by molar-refractivity contribution is -0.870. The maximum Gasteiger partial charge on any atom is 0.132 e. The largest absolute Gasteiger partial charge is 0.331 e. The topological polar surface area (TPSA) is 17.1 Å². The molecule has 0 aromatic carbocycles. The van der Waals surface area contributed by atoms with Crippen LogP contribution in [0.4, 0.5) is 0 Å². The zero-order valence-corrected chi connectivity index (χ0v) is 18.6. The Kier molecular flexibility index (Phi) is 13.5. The van der Waals surface area contributed by atoms with Crippen LogP contribution in [0.3, 0.4) is 0 Å². The van der Waals surface area contributed by atoms with Gasteiger partial charge in [-0.05, 0) is 70.1 Å². The summed E-state index contributed by atoms with van der Waals surface area (Å²) in [6, 6.07) is 0. The van der Waals surface area contributed by atoms with Crippen LogP contribution in [0.1, 0.15) is 96.3 Å². The van der Waals surface area contributed by atoms with Gasteiger partial charge >= 0.3 is 0 Å². The van der Waals surface area contributed by atoms with E-state index in [-0.39, 0.29) is 0 Å². The molecule has 0 spiro atoms. The van der Waals surface area contributed by atoms with Gasteiger partial charge in [0.2, 0.25) is 0 Å². The number of ketones is 1. The molecule has 0 aromatic rings. The molecule has 0 bridgehead atoms. The molecule has 0 heterocycles. The van der Waals surface area contributed by atoms with Crippen molar-refractivity contribution >= 4 is 5.78 Å². The van der Waals surface area contributed by atoms with E-state index in [2.05, 4.69) is 45.4 Å². The standard InChI is InChI=1S/C25H46NO/c1-26(2,3)23-17-16-22-25(27)21-13-11-9-7-5-4-6-8-10-12-18-24-19-14-15-20-24/h5,7,14,19,24H,4,6,8-13,15-18,20-23H2,1-3H3/q+1/b7-5+/t24-/m0/s1. The average molecular weight is 377 g/mol. The fraction of sp³-hybridized carbons (Fsp3) is 0.800. The Morgan fingerprint density at radius 3 is 2.15 bits per heavy atom. The highest BCUT2D eigenvalue weighted by atomic mass is 16.1. The van der Waals surface area contributed by atoms with Gasteiger partial charge in [0.15, 0.2) is 0 Å². The van der Waals surface area contributed by atoms with Gasteiger partial charge in [0.1, 0.15) is 5.78 Å². The number of quaternary nitrogens is 1. The van der Waals surface area contributed by atoms with Crippen molar-refractivity contribution in [2.24, 2.45) is 5.92 Å². The monoisotopic (exact) mass is 376 g/mol. The van der Waals surface area contributed by atoms with Crippen molar-refractivity contribution in [2.45, 2.75) is 96.3 Å². The van der Waals surface area contributed by atoms with Crippen molar-refractivity contribution in [1.82, 2.24) is 0 Å². The average Bonchev–Trinajstić information content (AvgIpc) is 3.12. The highest BCUT2D eigenvalue weighted by Crippen LogP contribution is 2.23. The first-order valence-electron chi connectivity index (χ1n) is 11.6. The smallest absolute Gasteiger partial charge is 0.132 e.